The number of hydrogen-bond acceptors (Lipinski definition) is 4. The fourth-order valence-electron chi connectivity index (χ4n) is 2.33. The molecule has 104 valence electrons. The highest BCUT2D eigenvalue weighted by Gasteiger charge is 2.19. The number of halogens is 1. The first-order valence-corrected chi connectivity index (χ1v) is 6.42. The minimum Gasteiger partial charge on any atom is -0.379 e. The Bertz CT molecular complexity index is 459. The molecule has 0 amide bonds. The highest BCUT2D eigenvalue weighted by molar-refractivity contribution is 5.61. The first-order chi connectivity index (χ1) is 9.06. The van der Waals surface area contributed by atoms with Crippen LogP contribution < -0.4 is 5.32 Å². The number of nitro benzene ring substituents is 1. The maximum Gasteiger partial charge on any atom is 0.295 e. The van der Waals surface area contributed by atoms with Gasteiger partial charge in [-0.05, 0) is 51.0 Å². The maximum atomic E-state index is 13.0. The second-order valence-electron chi connectivity index (χ2n) is 5.05. The molecule has 1 N–H and O–H groups in total. The monoisotopic (exact) mass is 267 g/mol. The number of nitro groups is 1. The number of likely N-dealkylation sites (tertiary alicyclic amines) is 1. The van der Waals surface area contributed by atoms with E-state index in [1.165, 1.54) is 12.1 Å². The van der Waals surface area contributed by atoms with Crippen molar-refractivity contribution in [3.05, 3.63) is 34.1 Å². The Balaban J connectivity index is 1.97. The lowest BCUT2D eigenvalue weighted by Gasteiger charge is -2.29. The summed E-state index contributed by atoms with van der Waals surface area (Å²) in [5, 5.41) is 13.9. The normalized spacial score (nSPS) is 17.4. The van der Waals surface area contributed by atoms with E-state index in [1.807, 2.05) is 0 Å². The van der Waals surface area contributed by atoms with Crippen LogP contribution in [-0.2, 0) is 0 Å². The molecule has 1 aliphatic rings. The number of nitrogens with one attached hydrogen (secondary N) is 1. The quantitative estimate of drug-likeness (QED) is 0.672. The van der Waals surface area contributed by atoms with Crippen LogP contribution in [-0.4, -0.2) is 36.5 Å². The zero-order valence-corrected chi connectivity index (χ0v) is 10.9. The summed E-state index contributed by atoms with van der Waals surface area (Å²) in [5.74, 6) is -0.0719. The molecule has 0 bridgehead atoms. The third-order valence-electron chi connectivity index (χ3n) is 3.58. The number of benzene rings is 1. The summed E-state index contributed by atoms with van der Waals surface area (Å²) < 4.78 is 13.0. The average molecular weight is 267 g/mol. The van der Waals surface area contributed by atoms with Gasteiger partial charge >= 0.3 is 0 Å². The average Bonchev–Trinajstić information content (AvgIpc) is 2.39. The van der Waals surface area contributed by atoms with Crippen LogP contribution in [0.2, 0.25) is 0 Å². The Morgan fingerprint density at radius 2 is 2.16 bits per heavy atom. The second-order valence-corrected chi connectivity index (χ2v) is 5.05. The largest absolute Gasteiger partial charge is 0.379 e. The number of rotatable bonds is 4. The van der Waals surface area contributed by atoms with Gasteiger partial charge in [0, 0.05) is 6.54 Å². The Morgan fingerprint density at radius 1 is 1.47 bits per heavy atom. The predicted molar refractivity (Wildman–Crippen MR) is 71.8 cm³/mol. The minimum absolute atomic E-state index is 0.201. The van der Waals surface area contributed by atoms with Gasteiger partial charge in [-0.3, -0.25) is 10.1 Å². The van der Waals surface area contributed by atoms with Crippen molar-refractivity contribution < 1.29 is 9.31 Å². The molecule has 5 nitrogen and oxygen atoms in total. The van der Waals surface area contributed by atoms with Gasteiger partial charge in [0.1, 0.15) is 11.5 Å². The van der Waals surface area contributed by atoms with E-state index >= 15 is 0 Å². The van der Waals surface area contributed by atoms with Gasteiger partial charge < -0.3 is 10.2 Å². The molecule has 0 saturated carbocycles. The standard InChI is InChI=1S/C13H18FN3O2/c1-16-6-4-10(5-7-16)9-15-12-3-2-11(14)8-13(12)17(18)19/h2-3,8,10,15H,4-7,9H2,1H3. The van der Waals surface area contributed by atoms with Gasteiger partial charge in [-0.15, -0.1) is 0 Å². The van der Waals surface area contributed by atoms with E-state index in [1.54, 1.807) is 0 Å². The molecule has 1 aliphatic heterocycles. The first-order valence-electron chi connectivity index (χ1n) is 6.42. The summed E-state index contributed by atoms with van der Waals surface area (Å²) in [4.78, 5) is 12.6. The molecular weight excluding hydrogens is 249 g/mol. The van der Waals surface area contributed by atoms with Crippen molar-refractivity contribution in [2.45, 2.75) is 12.8 Å². The van der Waals surface area contributed by atoms with Crippen LogP contribution in [0.3, 0.4) is 0 Å². The van der Waals surface area contributed by atoms with Crippen LogP contribution in [0.15, 0.2) is 18.2 Å². The first kappa shape index (κ1) is 13.7. The van der Waals surface area contributed by atoms with Crippen molar-refractivity contribution in [1.29, 1.82) is 0 Å². The van der Waals surface area contributed by atoms with Gasteiger partial charge in [-0.2, -0.15) is 0 Å². The van der Waals surface area contributed by atoms with Gasteiger partial charge in [0.05, 0.1) is 11.0 Å². The van der Waals surface area contributed by atoms with Gasteiger partial charge in [-0.25, -0.2) is 4.39 Å². The predicted octanol–water partition coefficient (Wildman–Crippen LogP) is 2.49. The molecule has 0 radical (unpaired) electrons. The SMILES string of the molecule is CN1CCC(CNc2ccc(F)cc2[N+](=O)[O-])CC1. The summed E-state index contributed by atoms with van der Waals surface area (Å²) in [6, 6.07) is 3.63. The third kappa shape index (κ3) is 3.64. The zero-order valence-electron chi connectivity index (χ0n) is 10.9. The van der Waals surface area contributed by atoms with E-state index in [0.29, 0.717) is 18.2 Å². The highest BCUT2D eigenvalue weighted by Crippen LogP contribution is 2.26. The van der Waals surface area contributed by atoms with E-state index in [9.17, 15) is 14.5 Å². The van der Waals surface area contributed by atoms with Crippen LogP contribution in [0.1, 0.15) is 12.8 Å². The molecule has 0 atom stereocenters. The van der Waals surface area contributed by atoms with Crippen molar-refractivity contribution in [2.75, 3.05) is 32.0 Å². The van der Waals surface area contributed by atoms with E-state index in [4.69, 9.17) is 0 Å². The molecule has 0 unspecified atom stereocenters. The molecule has 1 heterocycles. The highest BCUT2D eigenvalue weighted by atomic mass is 19.1. The zero-order chi connectivity index (χ0) is 13.8. The lowest BCUT2D eigenvalue weighted by molar-refractivity contribution is -0.384. The van der Waals surface area contributed by atoms with Crippen LogP contribution in [0, 0.1) is 21.8 Å². The summed E-state index contributed by atoms with van der Waals surface area (Å²) in [6.45, 7) is 2.80. The van der Waals surface area contributed by atoms with E-state index in [2.05, 4.69) is 17.3 Å². The maximum absolute atomic E-state index is 13.0. The van der Waals surface area contributed by atoms with Gasteiger partial charge in [-0.1, -0.05) is 0 Å². The number of hydrogen-bond donors (Lipinski definition) is 1. The molecule has 1 saturated heterocycles. The lowest BCUT2D eigenvalue weighted by atomic mass is 9.97. The molecule has 1 aromatic rings. The van der Waals surface area contributed by atoms with Gasteiger partial charge in [0.15, 0.2) is 0 Å². The Morgan fingerprint density at radius 3 is 2.79 bits per heavy atom. The van der Waals surface area contributed by atoms with Crippen LogP contribution in [0.25, 0.3) is 0 Å². The summed E-state index contributed by atoms with van der Waals surface area (Å²) >= 11 is 0. The van der Waals surface area contributed by atoms with Crippen molar-refractivity contribution in [2.24, 2.45) is 5.92 Å². The van der Waals surface area contributed by atoms with E-state index in [-0.39, 0.29) is 5.69 Å². The molecule has 19 heavy (non-hydrogen) atoms. The third-order valence-corrected chi connectivity index (χ3v) is 3.58. The van der Waals surface area contributed by atoms with Gasteiger partial charge in [0.2, 0.25) is 0 Å². The Hall–Kier alpha value is -1.69. The fourth-order valence-corrected chi connectivity index (χ4v) is 2.33. The van der Waals surface area contributed by atoms with Crippen LogP contribution >= 0.6 is 0 Å². The number of piperidine rings is 1. The van der Waals surface area contributed by atoms with Crippen molar-refractivity contribution in [3.63, 3.8) is 0 Å². The topological polar surface area (TPSA) is 58.4 Å². The molecule has 2 rings (SSSR count). The smallest absolute Gasteiger partial charge is 0.295 e. The molecule has 0 spiro atoms. The summed E-state index contributed by atoms with van der Waals surface area (Å²) in [5.41, 5.74) is 0.193. The van der Waals surface area contributed by atoms with E-state index < -0.39 is 10.7 Å². The fraction of sp³-hybridized carbons (Fsp3) is 0.538. The minimum atomic E-state index is -0.587. The summed E-state index contributed by atoms with van der Waals surface area (Å²) in [6.07, 6.45) is 2.16. The van der Waals surface area contributed by atoms with Crippen LogP contribution in [0.5, 0.6) is 0 Å². The molecule has 1 fully saturated rings. The van der Waals surface area contributed by atoms with E-state index in [0.717, 1.165) is 32.0 Å². The van der Waals surface area contributed by atoms with Crippen molar-refractivity contribution in [1.82, 2.24) is 4.90 Å². The van der Waals surface area contributed by atoms with Crippen molar-refractivity contribution in [3.8, 4) is 0 Å². The molecule has 6 heteroatoms. The molecule has 1 aromatic carbocycles. The summed E-state index contributed by atoms with van der Waals surface area (Å²) in [7, 11) is 2.09. The molecule has 0 aromatic heterocycles. The second kappa shape index (κ2) is 5.97. The van der Waals surface area contributed by atoms with Crippen molar-refractivity contribution >= 4 is 11.4 Å². The Labute approximate surface area is 111 Å². The van der Waals surface area contributed by atoms with Gasteiger partial charge in [0.25, 0.3) is 5.69 Å². The molecular formula is C13H18FN3O2. The number of nitrogens with zero attached hydrogens (tertiary/aromatic N) is 2. The lowest BCUT2D eigenvalue weighted by Crippen LogP contribution is -2.33. The van der Waals surface area contributed by atoms with Crippen LogP contribution in [0.4, 0.5) is 15.8 Å². The number of anilines is 1. The Kier molecular flexibility index (Phi) is 4.31. The molecule has 0 aliphatic carbocycles.